The zero-order chi connectivity index (χ0) is 16.3. The Morgan fingerprint density at radius 2 is 2.00 bits per heavy atom. The predicted octanol–water partition coefficient (Wildman–Crippen LogP) is 1.73. The number of aliphatic carboxylic acids is 1. The molecule has 0 heterocycles. The van der Waals surface area contributed by atoms with Crippen LogP contribution in [0.2, 0.25) is 0 Å². The maximum absolute atomic E-state index is 12.2. The van der Waals surface area contributed by atoms with Gasteiger partial charge in [0.25, 0.3) is 5.91 Å². The summed E-state index contributed by atoms with van der Waals surface area (Å²) in [5.74, 6) is -1.69. The maximum atomic E-state index is 12.2. The van der Waals surface area contributed by atoms with E-state index in [9.17, 15) is 24.8 Å². The average molecular weight is 308 g/mol. The summed E-state index contributed by atoms with van der Waals surface area (Å²) in [6.45, 7) is 0. The van der Waals surface area contributed by atoms with E-state index in [-0.39, 0.29) is 17.0 Å². The number of nitrogens with zero attached hydrogens (tertiary/aromatic N) is 1. The number of carboxylic acids is 1. The third kappa shape index (κ3) is 2.85. The molecule has 1 aromatic rings. The highest BCUT2D eigenvalue weighted by atomic mass is 16.6. The number of carbonyl (C=O) groups is 2. The van der Waals surface area contributed by atoms with E-state index in [0.29, 0.717) is 12.8 Å². The molecule has 1 aromatic carbocycles. The minimum Gasteiger partial charge on any atom is -0.490 e. The molecule has 0 unspecified atom stereocenters. The highest BCUT2D eigenvalue weighted by Gasteiger charge is 2.42. The van der Waals surface area contributed by atoms with Crippen LogP contribution in [-0.2, 0) is 4.79 Å². The second kappa shape index (κ2) is 6.00. The molecule has 0 saturated heterocycles. The molecule has 118 valence electrons. The lowest BCUT2D eigenvalue weighted by molar-refractivity contribution is -0.385. The van der Waals surface area contributed by atoms with Gasteiger partial charge in [-0.15, -0.1) is 0 Å². The van der Waals surface area contributed by atoms with Gasteiger partial charge in [0.05, 0.1) is 12.0 Å². The van der Waals surface area contributed by atoms with Gasteiger partial charge in [0, 0.05) is 11.6 Å². The monoisotopic (exact) mass is 308 g/mol. The van der Waals surface area contributed by atoms with Crippen molar-refractivity contribution in [1.82, 2.24) is 5.32 Å². The average Bonchev–Trinajstić information content (AvgIpc) is 2.96. The van der Waals surface area contributed by atoms with Gasteiger partial charge in [0.1, 0.15) is 5.54 Å². The Hall–Kier alpha value is -2.64. The van der Waals surface area contributed by atoms with Gasteiger partial charge in [-0.2, -0.15) is 0 Å². The number of nitro groups is 1. The fraction of sp³-hybridized carbons (Fsp3) is 0.429. The third-order valence-electron chi connectivity index (χ3n) is 3.86. The van der Waals surface area contributed by atoms with E-state index in [2.05, 4.69) is 5.32 Å². The molecule has 0 radical (unpaired) electrons. The third-order valence-corrected chi connectivity index (χ3v) is 3.86. The SMILES string of the molecule is COc1ccc(C(=O)NC2(C(=O)O)CCCC2)cc1[N+](=O)[O-]. The summed E-state index contributed by atoms with van der Waals surface area (Å²) in [4.78, 5) is 34.0. The zero-order valence-corrected chi connectivity index (χ0v) is 12.0. The molecule has 1 fully saturated rings. The number of methoxy groups -OCH3 is 1. The van der Waals surface area contributed by atoms with Crippen LogP contribution in [0.1, 0.15) is 36.0 Å². The van der Waals surface area contributed by atoms with Crippen LogP contribution in [0, 0.1) is 10.1 Å². The van der Waals surface area contributed by atoms with E-state index >= 15 is 0 Å². The Morgan fingerprint density at radius 3 is 2.50 bits per heavy atom. The Morgan fingerprint density at radius 1 is 1.36 bits per heavy atom. The molecule has 1 saturated carbocycles. The fourth-order valence-electron chi connectivity index (χ4n) is 2.63. The molecule has 0 aliphatic heterocycles. The number of hydrogen-bond donors (Lipinski definition) is 2. The van der Waals surface area contributed by atoms with Crippen LogP contribution < -0.4 is 10.1 Å². The summed E-state index contributed by atoms with van der Waals surface area (Å²) in [6, 6.07) is 3.76. The van der Waals surface area contributed by atoms with Crippen LogP contribution >= 0.6 is 0 Å². The number of nitro benzene ring substituents is 1. The first kappa shape index (κ1) is 15.7. The first-order valence-electron chi connectivity index (χ1n) is 6.78. The van der Waals surface area contributed by atoms with Crippen molar-refractivity contribution < 1.29 is 24.4 Å². The molecule has 1 aliphatic carbocycles. The molecule has 8 nitrogen and oxygen atoms in total. The first-order valence-corrected chi connectivity index (χ1v) is 6.78. The van der Waals surface area contributed by atoms with Gasteiger partial charge < -0.3 is 15.2 Å². The topological polar surface area (TPSA) is 119 Å². The summed E-state index contributed by atoms with van der Waals surface area (Å²) >= 11 is 0. The standard InChI is InChI=1S/C14H16N2O6/c1-22-11-5-4-9(8-10(11)16(20)21)12(17)15-14(13(18)19)6-2-3-7-14/h4-5,8H,2-3,6-7H2,1H3,(H,15,17)(H,18,19). The molecule has 0 atom stereocenters. The number of benzene rings is 1. The Bertz CT molecular complexity index is 622. The summed E-state index contributed by atoms with van der Waals surface area (Å²) in [5, 5.41) is 22.8. The van der Waals surface area contributed by atoms with Crippen molar-refractivity contribution in [1.29, 1.82) is 0 Å². The molecule has 0 aromatic heterocycles. The number of nitrogens with one attached hydrogen (secondary N) is 1. The lowest BCUT2D eigenvalue weighted by Crippen LogP contribution is -2.52. The molecule has 1 amide bonds. The van der Waals surface area contributed by atoms with Crippen LogP contribution in [-0.4, -0.2) is 34.6 Å². The van der Waals surface area contributed by atoms with Gasteiger partial charge in [-0.05, 0) is 25.0 Å². The van der Waals surface area contributed by atoms with Crippen molar-refractivity contribution in [3.63, 3.8) is 0 Å². The minimum absolute atomic E-state index is 0.0278. The molecule has 8 heteroatoms. The minimum atomic E-state index is -1.29. The molecule has 22 heavy (non-hydrogen) atoms. The van der Waals surface area contributed by atoms with Crippen molar-refractivity contribution >= 4 is 17.6 Å². The number of hydrogen-bond acceptors (Lipinski definition) is 5. The second-order valence-corrected chi connectivity index (χ2v) is 5.19. The summed E-state index contributed by atoms with van der Waals surface area (Å²) in [7, 11) is 1.29. The lowest BCUT2D eigenvalue weighted by Gasteiger charge is -2.25. The second-order valence-electron chi connectivity index (χ2n) is 5.19. The van der Waals surface area contributed by atoms with Crippen molar-refractivity contribution in [2.45, 2.75) is 31.2 Å². The Kier molecular flexibility index (Phi) is 4.30. The number of ether oxygens (including phenoxy) is 1. The zero-order valence-electron chi connectivity index (χ0n) is 12.0. The van der Waals surface area contributed by atoms with Gasteiger partial charge in [0.2, 0.25) is 0 Å². The van der Waals surface area contributed by atoms with Crippen LogP contribution in [0.3, 0.4) is 0 Å². The number of amides is 1. The van der Waals surface area contributed by atoms with E-state index in [1.54, 1.807) is 0 Å². The van der Waals surface area contributed by atoms with Crippen molar-refractivity contribution in [2.24, 2.45) is 0 Å². The molecule has 0 bridgehead atoms. The van der Waals surface area contributed by atoms with Crippen molar-refractivity contribution in [3.8, 4) is 5.75 Å². The molecular formula is C14H16N2O6. The summed E-state index contributed by atoms with van der Waals surface area (Å²) in [5.41, 5.74) is -1.60. The Labute approximate surface area is 126 Å². The quantitative estimate of drug-likeness (QED) is 0.631. The van der Waals surface area contributed by atoms with Crippen molar-refractivity contribution in [3.05, 3.63) is 33.9 Å². The maximum Gasteiger partial charge on any atom is 0.329 e. The molecular weight excluding hydrogens is 292 g/mol. The molecule has 2 rings (SSSR count). The molecule has 0 spiro atoms. The number of carbonyl (C=O) groups excluding carboxylic acids is 1. The van der Waals surface area contributed by atoms with Crippen molar-refractivity contribution in [2.75, 3.05) is 7.11 Å². The number of rotatable bonds is 5. The highest BCUT2D eigenvalue weighted by Crippen LogP contribution is 2.31. The van der Waals surface area contributed by atoms with E-state index in [1.807, 2.05) is 0 Å². The Balaban J connectivity index is 2.28. The van der Waals surface area contributed by atoms with Crippen LogP contribution in [0.5, 0.6) is 5.75 Å². The van der Waals surface area contributed by atoms with Crippen LogP contribution in [0.15, 0.2) is 18.2 Å². The normalized spacial score (nSPS) is 16.0. The number of carboxylic acid groups (broad SMARTS) is 1. The van der Waals surface area contributed by atoms with Crippen LogP contribution in [0.4, 0.5) is 5.69 Å². The van der Waals surface area contributed by atoms with Crippen LogP contribution in [0.25, 0.3) is 0 Å². The summed E-state index contributed by atoms with van der Waals surface area (Å²) < 4.78 is 4.87. The van der Waals surface area contributed by atoms with E-state index < -0.39 is 22.3 Å². The molecule has 2 N–H and O–H groups in total. The summed E-state index contributed by atoms with van der Waals surface area (Å²) in [6.07, 6.45) is 2.14. The van der Waals surface area contributed by atoms with Gasteiger partial charge in [-0.3, -0.25) is 14.9 Å². The van der Waals surface area contributed by atoms with Gasteiger partial charge in [0.15, 0.2) is 5.75 Å². The predicted molar refractivity (Wildman–Crippen MR) is 75.9 cm³/mol. The van der Waals surface area contributed by atoms with Gasteiger partial charge in [-0.25, -0.2) is 4.79 Å². The van der Waals surface area contributed by atoms with E-state index in [1.165, 1.54) is 19.2 Å². The van der Waals surface area contributed by atoms with E-state index in [4.69, 9.17) is 4.74 Å². The van der Waals surface area contributed by atoms with E-state index in [0.717, 1.165) is 18.9 Å². The highest BCUT2D eigenvalue weighted by molar-refractivity contribution is 5.98. The van der Waals surface area contributed by atoms with Gasteiger partial charge >= 0.3 is 11.7 Å². The fourth-order valence-corrected chi connectivity index (χ4v) is 2.63. The smallest absolute Gasteiger partial charge is 0.329 e. The first-order chi connectivity index (χ1) is 10.4. The molecule has 1 aliphatic rings. The van der Waals surface area contributed by atoms with Gasteiger partial charge in [-0.1, -0.05) is 12.8 Å². The largest absolute Gasteiger partial charge is 0.490 e. The lowest BCUT2D eigenvalue weighted by atomic mass is 9.97.